The van der Waals surface area contributed by atoms with Crippen LogP contribution in [0.25, 0.3) is 0 Å². The maximum atomic E-state index is 13.2. The van der Waals surface area contributed by atoms with Crippen molar-refractivity contribution in [2.75, 3.05) is 6.54 Å². The Bertz CT molecular complexity index is 1050. The lowest BCUT2D eigenvalue weighted by atomic mass is 10.0. The molecule has 0 unspecified atom stereocenters. The molecule has 3 rings (SSSR count). The summed E-state index contributed by atoms with van der Waals surface area (Å²) >= 11 is 0. The predicted octanol–water partition coefficient (Wildman–Crippen LogP) is -0.628. The molecule has 0 saturated carbocycles. The van der Waals surface area contributed by atoms with Crippen LogP contribution in [0.2, 0.25) is 0 Å². The molecule has 0 bridgehead atoms. The van der Waals surface area contributed by atoms with Crippen molar-refractivity contribution in [3.63, 3.8) is 0 Å². The molecule has 0 spiro atoms. The van der Waals surface area contributed by atoms with Gasteiger partial charge in [0.2, 0.25) is 23.6 Å². The summed E-state index contributed by atoms with van der Waals surface area (Å²) < 4.78 is 0. The van der Waals surface area contributed by atoms with Crippen molar-refractivity contribution < 1.29 is 24.0 Å². The van der Waals surface area contributed by atoms with Crippen LogP contribution in [0.15, 0.2) is 30.3 Å². The van der Waals surface area contributed by atoms with E-state index in [1.165, 1.54) is 11.8 Å². The highest BCUT2D eigenvalue weighted by Crippen LogP contribution is 2.19. The van der Waals surface area contributed by atoms with Crippen LogP contribution in [0, 0.1) is 17.2 Å². The Morgan fingerprint density at radius 1 is 0.944 bits per heavy atom. The molecule has 5 atom stereocenters. The fourth-order valence-corrected chi connectivity index (χ4v) is 4.37. The number of nitriles is 1. The normalized spacial score (nSPS) is 28.1. The van der Waals surface area contributed by atoms with Crippen LogP contribution in [-0.4, -0.2) is 71.2 Å². The van der Waals surface area contributed by atoms with Crippen molar-refractivity contribution in [2.45, 2.75) is 70.2 Å². The summed E-state index contributed by atoms with van der Waals surface area (Å²) in [5.74, 6) is -3.49. The van der Waals surface area contributed by atoms with E-state index in [4.69, 9.17) is 0 Å². The zero-order valence-corrected chi connectivity index (χ0v) is 20.6. The van der Waals surface area contributed by atoms with Crippen LogP contribution in [0.4, 0.5) is 0 Å². The van der Waals surface area contributed by atoms with Gasteiger partial charge in [-0.1, -0.05) is 44.2 Å². The number of nitrogens with zero attached hydrogens (tertiary/aromatic N) is 2. The molecule has 192 valence electrons. The Kier molecular flexibility index (Phi) is 8.64. The molecule has 2 saturated heterocycles. The van der Waals surface area contributed by atoms with E-state index in [2.05, 4.69) is 21.3 Å². The quantitative estimate of drug-likeness (QED) is 0.436. The number of hydrogen-bond donors (Lipinski definition) is 4. The molecule has 2 fully saturated rings. The molecule has 0 radical (unpaired) electrons. The minimum absolute atomic E-state index is 0.170. The lowest BCUT2D eigenvalue weighted by molar-refractivity contribution is -0.141. The zero-order chi connectivity index (χ0) is 26.4. The van der Waals surface area contributed by atoms with E-state index in [1.807, 2.05) is 30.3 Å². The van der Waals surface area contributed by atoms with Gasteiger partial charge in [0.25, 0.3) is 5.91 Å². The van der Waals surface area contributed by atoms with Gasteiger partial charge in [-0.2, -0.15) is 5.26 Å². The first-order valence-electron chi connectivity index (χ1n) is 12.1. The fourth-order valence-electron chi connectivity index (χ4n) is 4.37. The monoisotopic (exact) mass is 496 g/mol. The highest BCUT2D eigenvalue weighted by atomic mass is 16.2. The Balaban J connectivity index is 1.97. The molecule has 1 aromatic carbocycles. The predicted molar refractivity (Wildman–Crippen MR) is 129 cm³/mol. The smallest absolute Gasteiger partial charge is 0.260 e. The number of rotatable bonds is 3. The van der Waals surface area contributed by atoms with Gasteiger partial charge in [0.15, 0.2) is 6.04 Å². The van der Waals surface area contributed by atoms with Crippen molar-refractivity contribution in [3.8, 4) is 6.07 Å². The van der Waals surface area contributed by atoms with E-state index < -0.39 is 59.7 Å². The second-order valence-corrected chi connectivity index (χ2v) is 9.47. The minimum atomic E-state index is -1.52. The number of carbonyl (C=O) groups excluding carboxylic acids is 5. The third-order valence-electron chi connectivity index (χ3n) is 6.42. The lowest BCUT2D eigenvalue weighted by Gasteiger charge is -2.28. The molecular formula is C25H32N6O5. The summed E-state index contributed by atoms with van der Waals surface area (Å²) in [7, 11) is 0. The van der Waals surface area contributed by atoms with Crippen LogP contribution < -0.4 is 21.3 Å². The summed E-state index contributed by atoms with van der Waals surface area (Å²) in [6.07, 6.45) is 1.06. The molecule has 11 heteroatoms. The third-order valence-corrected chi connectivity index (χ3v) is 6.42. The summed E-state index contributed by atoms with van der Waals surface area (Å²) in [6.45, 7) is 5.13. The zero-order valence-electron chi connectivity index (χ0n) is 20.6. The lowest BCUT2D eigenvalue weighted by Crippen LogP contribution is -2.58. The van der Waals surface area contributed by atoms with Gasteiger partial charge in [0.05, 0.1) is 6.07 Å². The largest absolute Gasteiger partial charge is 0.343 e. The van der Waals surface area contributed by atoms with E-state index in [0.29, 0.717) is 12.8 Å². The summed E-state index contributed by atoms with van der Waals surface area (Å²) in [5.41, 5.74) is 0.798. The van der Waals surface area contributed by atoms with E-state index in [1.54, 1.807) is 19.9 Å². The number of carbonyl (C=O) groups is 5. The number of hydrogen-bond acceptors (Lipinski definition) is 6. The molecule has 2 heterocycles. The van der Waals surface area contributed by atoms with Gasteiger partial charge in [-0.3, -0.25) is 24.0 Å². The van der Waals surface area contributed by atoms with E-state index >= 15 is 0 Å². The van der Waals surface area contributed by atoms with Gasteiger partial charge in [-0.05, 0) is 31.2 Å². The maximum absolute atomic E-state index is 13.2. The van der Waals surface area contributed by atoms with Crippen molar-refractivity contribution >= 4 is 29.5 Å². The van der Waals surface area contributed by atoms with Gasteiger partial charge in [0.1, 0.15) is 24.2 Å². The van der Waals surface area contributed by atoms with Gasteiger partial charge in [0, 0.05) is 13.0 Å². The Hall–Kier alpha value is -3.94. The standard InChI is InChI=1S/C25H32N6O5/c1-14(2)20-24(35)29-18(13-26)25(36)31-11-7-10-19(31)23(34)28-17(12-16-8-5-4-6-9-16)22(33)27-15(3)21(32)30-20/h4-6,8-9,14-15,17-20H,7,10-12H2,1-3H3,(H,27,33)(H,28,34)(H,29,35)(H,30,32)/t15-,17+,18-,19+,20+/m1/s1. The molecule has 4 N–H and O–H groups in total. The van der Waals surface area contributed by atoms with Gasteiger partial charge < -0.3 is 26.2 Å². The van der Waals surface area contributed by atoms with Crippen LogP contribution in [-0.2, 0) is 30.4 Å². The first kappa shape index (κ1) is 26.7. The highest BCUT2D eigenvalue weighted by molar-refractivity contribution is 5.98. The van der Waals surface area contributed by atoms with Crippen molar-refractivity contribution in [1.82, 2.24) is 26.2 Å². The van der Waals surface area contributed by atoms with E-state index in [0.717, 1.165) is 5.56 Å². The van der Waals surface area contributed by atoms with Gasteiger partial charge in [-0.15, -0.1) is 0 Å². The second kappa shape index (κ2) is 11.7. The third kappa shape index (κ3) is 6.19. The highest BCUT2D eigenvalue weighted by Gasteiger charge is 2.40. The van der Waals surface area contributed by atoms with Crippen molar-refractivity contribution in [3.05, 3.63) is 35.9 Å². The summed E-state index contributed by atoms with van der Waals surface area (Å²) in [4.78, 5) is 66.6. The van der Waals surface area contributed by atoms with Crippen molar-refractivity contribution in [1.29, 1.82) is 5.26 Å². The second-order valence-electron chi connectivity index (χ2n) is 9.47. The molecule has 0 aromatic heterocycles. The average Bonchev–Trinajstić information content (AvgIpc) is 3.34. The number of benzene rings is 1. The fraction of sp³-hybridized carbons (Fsp3) is 0.520. The van der Waals surface area contributed by atoms with Crippen LogP contribution in [0.1, 0.15) is 39.2 Å². The topological polar surface area (TPSA) is 160 Å². The summed E-state index contributed by atoms with van der Waals surface area (Å²) in [6, 6.07) is 5.42. The average molecular weight is 497 g/mol. The van der Waals surface area contributed by atoms with Crippen LogP contribution >= 0.6 is 0 Å². The van der Waals surface area contributed by atoms with E-state index in [-0.39, 0.29) is 18.9 Å². The molecule has 1 aromatic rings. The minimum Gasteiger partial charge on any atom is -0.343 e. The van der Waals surface area contributed by atoms with Crippen LogP contribution in [0.3, 0.4) is 0 Å². The number of fused-ring (bicyclic) bond motifs is 1. The Morgan fingerprint density at radius 3 is 2.28 bits per heavy atom. The first-order valence-corrected chi connectivity index (χ1v) is 12.1. The molecular weight excluding hydrogens is 464 g/mol. The number of amides is 5. The maximum Gasteiger partial charge on any atom is 0.260 e. The SMILES string of the molecule is CC(C)[C@@H]1NC(=O)[C@@H](C)NC(=O)[C@H](Cc2ccccc2)NC(=O)[C@@H]2CCCN2C(=O)[C@@H](C#N)NC1=O. The Morgan fingerprint density at radius 2 is 1.64 bits per heavy atom. The molecule has 2 aliphatic rings. The molecule has 0 aliphatic carbocycles. The number of nitrogens with one attached hydrogen (secondary N) is 4. The molecule has 5 amide bonds. The first-order chi connectivity index (χ1) is 17.1. The molecule has 2 aliphatic heterocycles. The van der Waals surface area contributed by atoms with Crippen LogP contribution in [0.5, 0.6) is 0 Å². The van der Waals surface area contributed by atoms with Gasteiger partial charge >= 0.3 is 0 Å². The van der Waals surface area contributed by atoms with E-state index in [9.17, 15) is 29.2 Å². The van der Waals surface area contributed by atoms with Crippen molar-refractivity contribution in [2.24, 2.45) is 5.92 Å². The molecule has 36 heavy (non-hydrogen) atoms. The Labute approximate surface area is 210 Å². The summed E-state index contributed by atoms with van der Waals surface area (Å²) in [5, 5.41) is 20.0. The molecule has 11 nitrogen and oxygen atoms in total. The van der Waals surface area contributed by atoms with Gasteiger partial charge in [-0.25, -0.2) is 0 Å².